The Kier molecular flexibility index (Phi) is 5.03. The highest BCUT2D eigenvalue weighted by molar-refractivity contribution is 6.01. The van der Waals surface area contributed by atoms with Crippen LogP contribution in [0, 0.1) is 0 Å². The van der Waals surface area contributed by atoms with Gasteiger partial charge in [0.05, 0.1) is 19.6 Å². The van der Waals surface area contributed by atoms with Crippen LogP contribution in [0.2, 0.25) is 0 Å². The number of carbonyl (C=O) groups excluding carboxylic acids is 2. The lowest BCUT2D eigenvalue weighted by Crippen LogP contribution is -2.35. The van der Waals surface area contributed by atoms with Crippen molar-refractivity contribution in [2.24, 2.45) is 0 Å². The monoisotopic (exact) mass is 434 g/mol. The quantitative estimate of drug-likeness (QED) is 0.619. The van der Waals surface area contributed by atoms with Crippen molar-refractivity contribution in [1.29, 1.82) is 0 Å². The number of ether oxygens (including phenoxy) is 2. The van der Waals surface area contributed by atoms with Crippen LogP contribution < -0.4 is 15.8 Å². The van der Waals surface area contributed by atoms with Crippen molar-refractivity contribution in [3.63, 3.8) is 0 Å². The second kappa shape index (κ2) is 7.89. The largest absolute Gasteiger partial charge is 0.422 e. The third-order valence-corrected chi connectivity index (χ3v) is 5.98. The average Bonchev–Trinajstić information content (AvgIpc) is 3.38. The molecule has 1 N–H and O–H groups in total. The van der Waals surface area contributed by atoms with Gasteiger partial charge in [0.1, 0.15) is 11.1 Å². The van der Waals surface area contributed by atoms with E-state index in [4.69, 9.17) is 13.9 Å². The van der Waals surface area contributed by atoms with E-state index >= 15 is 0 Å². The number of hydrogen-bond acceptors (Lipinski definition) is 6. The van der Waals surface area contributed by atoms with Gasteiger partial charge in [0.15, 0.2) is 5.79 Å². The van der Waals surface area contributed by atoms with E-state index in [1.807, 2.05) is 24.3 Å². The number of nitrogens with zero attached hydrogens (tertiary/aromatic N) is 1. The van der Waals surface area contributed by atoms with E-state index in [0.29, 0.717) is 37.0 Å². The van der Waals surface area contributed by atoms with E-state index in [1.165, 1.54) is 6.07 Å². The molecular formula is C24H22N2O6. The van der Waals surface area contributed by atoms with Crippen molar-refractivity contribution in [1.82, 2.24) is 5.32 Å². The number of amides is 2. The first-order valence-electron chi connectivity index (χ1n) is 10.5. The van der Waals surface area contributed by atoms with E-state index in [9.17, 15) is 14.4 Å². The molecule has 0 unspecified atom stereocenters. The summed E-state index contributed by atoms with van der Waals surface area (Å²) in [4.78, 5) is 38.5. The minimum Gasteiger partial charge on any atom is -0.422 e. The minimum absolute atomic E-state index is 0.0425. The maximum atomic E-state index is 12.7. The number of carbonyl (C=O) groups is 2. The number of rotatable bonds is 5. The summed E-state index contributed by atoms with van der Waals surface area (Å²) >= 11 is 0. The Morgan fingerprint density at radius 3 is 2.69 bits per heavy atom. The highest BCUT2D eigenvalue weighted by Gasteiger charge is 2.39. The molecule has 0 spiro atoms. The van der Waals surface area contributed by atoms with Gasteiger partial charge in [0, 0.05) is 36.7 Å². The van der Waals surface area contributed by atoms with E-state index in [2.05, 4.69) is 5.32 Å². The Bertz CT molecular complexity index is 1270. The van der Waals surface area contributed by atoms with Crippen molar-refractivity contribution < 1.29 is 23.5 Å². The molecule has 2 aromatic carbocycles. The number of para-hydroxylation sites is 1. The zero-order valence-corrected chi connectivity index (χ0v) is 17.6. The van der Waals surface area contributed by atoms with Gasteiger partial charge in [-0.1, -0.05) is 24.3 Å². The summed E-state index contributed by atoms with van der Waals surface area (Å²) in [6.07, 6.45) is 0.685. The van der Waals surface area contributed by atoms with Crippen LogP contribution >= 0.6 is 0 Å². The van der Waals surface area contributed by atoms with Crippen molar-refractivity contribution in [3.05, 3.63) is 75.6 Å². The van der Waals surface area contributed by atoms with Gasteiger partial charge in [-0.3, -0.25) is 9.59 Å². The number of benzene rings is 2. The SMILES string of the molecule is CN1C(=O)Cc2cc(C3(CCNC(=O)c4cc5ccccc5oc4=O)OCCO3)ccc21. The Hall–Kier alpha value is -3.49. The second-order valence-corrected chi connectivity index (χ2v) is 7.91. The molecule has 0 atom stereocenters. The molecule has 5 rings (SSSR count). The summed E-state index contributed by atoms with van der Waals surface area (Å²) in [6, 6.07) is 14.3. The molecular weight excluding hydrogens is 412 g/mol. The van der Waals surface area contributed by atoms with Crippen LogP contribution in [0.15, 0.2) is 57.7 Å². The fraction of sp³-hybridized carbons (Fsp3) is 0.292. The first-order valence-corrected chi connectivity index (χ1v) is 10.5. The second-order valence-electron chi connectivity index (χ2n) is 7.91. The predicted octanol–water partition coefficient (Wildman–Crippen LogP) is 2.33. The number of anilines is 1. The summed E-state index contributed by atoms with van der Waals surface area (Å²) in [7, 11) is 1.76. The molecule has 2 aliphatic heterocycles. The molecule has 0 radical (unpaired) electrons. The maximum Gasteiger partial charge on any atom is 0.349 e. The van der Waals surface area contributed by atoms with Crippen LogP contribution in [-0.4, -0.2) is 38.6 Å². The van der Waals surface area contributed by atoms with E-state index in [0.717, 1.165) is 16.8 Å². The topological polar surface area (TPSA) is 98.1 Å². The molecule has 3 aromatic rings. The molecule has 0 saturated carbocycles. The molecule has 0 aliphatic carbocycles. The Morgan fingerprint density at radius 1 is 1.09 bits per heavy atom. The third-order valence-electron chi connectivity index (χ3n) is 5.98. The van der Waals surface area contributed by atoms with Crippen LogP contribution in [0.1, 0.15) is 27.9 Å². The highest BCUT2D eigenvalue weighted by atomic mass is 16.7. The van der Waals surface area contributed by atoms with Crippen LogP contribution in [-0.2, 0) is 26.5 Å². The molecule has 2 aliphatic rings. The summed E-state index contributed by atoms with van der Waals surface area (Å²) in [5, 5.41) is 3.45. The van der Waals surface area contributed by atoms with E-state index in [-0.39, 0.29) is 18.0 Å². The van der Waals surface area contributed by atoms with Crippen LogP contribution in [0.4, 0.5) is 5.69 Å². The molecule has 2 amide bonds. The number of fused-ring (bicyclic) bond motifs is 2. The van der Waals surface area contributed by atoms with Gasteiger partial charge in [0.2, 0.25) is 5.91 Å². The zero-order valence-electron chi connectivity index (χ0n) is 17.6. The number of hydrogen-bond donors (Lipinski definition) is 1. The average molecular weight is 434 g/mol. The fourth-order valence-electron chi connectivity index (χ4n) is 4.27. The lowest BCUT2D eigenvalue weighted by molar-refractivity contribution is -0.169. The Labute approximate surface area is 183 Å². The normalized spacial score (nSPS) is 17.0. The molecule has 1 saturated heterocycles. The van der Waals surface area contributed by atoms with Gasteiger partial charge in [-0.2, -0.15) is 0 Å². The smallest absolute Gasteiger partial charge is 0.349 e. The van der Waals surface area contributed by atoms with Crippen molar-refractivity contribution in [3.8, 4) is 0 Å². The van der Waals surface area contributed by atoms with Gasteiger partial charge in [-0.15, -0.1) is 0 Å². The van der Waals surface area contributed by atoms with Gasteiger partial charge in [-0.25, -0.2) is 4.79 Å². The van der Waals surface area contributed by atoms with Crippen LogP contribution in [0.3, 0.4) is 0 Å². The summed E-state index contributed by atoms with van der Waals surface area (Å²) < 4.78 is 17.2. The summed E-state index contributed by atoms with van der Waals surface area (Å²) in [5.74, 6) is -1.49. The van der Waals surface area contributed by atoms with Gasteiger partial charge < -0.3 is 24.1 Å². The molecule has 8 nitrogen and oxygen atoms in total. The fourth-order valence-corrected chi connectivity index (χ4v) is 4.27. The van der Waals surface area contributed by atoms with Gasteiger partial charge in [-0.05, 0) is 29.8 Å². The molecule has 3 heterocycles. The first-order chi connectivity index (χ1) is 15.5. The van der Waals surface area contributed by atoms with Crippen LogP contribution in [0.25, 0.3) is 11.0 Å². The highest BCUT2D eigenvalue weighted by Crippen LogP contribution is 2.38. The summed E-state index contributed by atoms with van der Waals surface area (Å²) in [5.41, 5.74) is 2.30. The Morgan fingerprint density at radius 2 is 1.88 bits per heavy atom. The lowest BCUT2D eigenvalue weighted by Gasteiger charge is -2.28. The van der Waals surface area contributed by atoms with E-state index in [1.54, 1.807) is 30.1 Å². The first kappa shape index (κ1) is 20.4. The standard InChI is InChI=1S/C24H22N2O6/c1-26-19-7-6-17(12-16(19)14-21(26)27)24(30-10-11-31-24)8-9-25-22(28)18-13-15-4-2-3-5-20(15)32-23(18)29/h2-7,12-13H,8-11,14H2,1H3,(H,25,28). The molecule has 164 valence electrons. The van der Waals surface area contributed by atoms with E-state index < -0.39 is 17.3 Å². The Balaban J connectivity index is 1.33. The maximum absolute atomic E-state index is 12.7. The van der Waals surface area contributed by atoms with Crippen molar-refractivity contribution in [2.75, 3.05) is 31.7 Å². The molecule has 32 heavy (non-hydrogen) atoms. The zero-order chi connectivity index (χ0) is 22.3. The minimum atomic E-state index is -1.01. The van der Waals surface area contributed by atoms with Gasteiger partial charge >= 0.3 is 5.63 Å². The number of nitrogens with one attached hydrogen (secondary N) is 1. The third kappa shape index (κ3) is 3.47. The van der Waals surface area contributed by atoms with Gasteiger partial charge in [0.25, 0.3) is 5.91 Å². The summed E-state index contributed by atoms with van der Waals surface area (Å²) in [6.45, 7) is 1.08. The lowest BCUT2D eigenvalue weighted by atomic mass is 9.98. The molecule has 1 aromatic heterocycles. The predicted molar refractivity (Wildman–Crippen MR) is 117 cm³/mol. The molecule has 1 fully saturated rings. The van der Waals surface area contributed by atoms with Crippen molar-refractivity contribution >= 4 is 28.5 Å². The molecule has 0 bridgehead atoms. The van der Waals surface area contributed by atoms with Crippen molar-refractivity contribution in [2.45, 2.75) is 18.6 Å². The van der Waals surface area contributed by atoms with Crippen LogP contribution in [0.5, 0.6) is 0 Å². The number of likely N-dealkylation sites (N-methyl/N-ethyl adjacent to an activating group) is 1. The molecule has 8 heteroatoms.